The number of rotatable bonds is 2. The molecule has 0 fully saturated rings. The van der Waals surface area contributed by atoms with Gasteiger partial charge >= 0.3 is 0 Å². The van der Waals surface area contributed by atoms with Crippen molar-refractivity contribution in [3.63, 3.8) is 0 Å². The zero-order valence-electron chi connectivity index (χ0n) is 7.67. The molecule has 4 N–H and O–H groups in total. The molecule has 6 heteroatoms. The van der Waals surface area contributed by atoms with Crippen molar-refractivity contribution in [3.8, 4) is 0 Å². The van der Waals surface area contributed by atoms with Crippen molar-refractivity contribution in [3.05, 3.63) is 11.8 Å². The second-order valence-corrected chi connectivity index (χ2v) is 3.00. The van der Waals surface area contributed by atoms with Crippen molar-refractivity contribution < 1.29 is 24.9 Å². The first kappa shape index (κ1) is 11.1. The maximum Gasteiger partial charge on any atom is 0.221 e. The van der Waals surface area contributed by atoms with Gasteiger partial charge in [0.2, 0.25) is 5.91 Å². The van der Waals surface area contributed by atoms with Crippen LogP contribution in [0.5, 0.6) is 0 Å². The fraction of sp³-hybridized carbons (Fsp3) is 0.625. The highest BCUT2D eigenvalue weighted by atomic mass is 16.6. The molecule has 1 aliphatic rings. The molecule has 0 bridgehead atoms. The molecule has 0 aromatic carbocycles. The quantitative estimate of drug-likeness (QED) is 0.419. The number of amides is 1. The fourth-order valence-corrected chi connectivity index (χ4v) is 1.15. The molecule has 0 aromatic heterocycles. The zero-order valence-corrected chi connectivity index (χ0v) is 7.67. The Hall–Kier alpha value is -0.950. The normalized spacial score (nSPS) is 32.3. The van der Waals surface area contributed by atoms with E-state index >= 15 is 0 Å². The maximum atomic E-state index is 10.7. The molecule has 0 radical (unpaired) electrons. The van der Waals surface area contributed by atoms with Crippen LogP contribution in [0.3, 0.4) is 0 Å². The van der Waals surface area contributed by atoms with Crippen LogP contribution in [-0.2, 0) is 9.53 Å². The van der Waals surface area contributed by atoms with Gasteiger partial charge in [0.25, 0.3) is 0 Å². The largest absolute Gasteiger partial charge is 0.394 e. The number of carbonyl (C=O) groups excluding carboxylic acids is 1. The van der Waals surface area contributed by atoms with Crippen LogP contribution < -0.4 is 5.32 Å². The van der Waals surface area contributed by atoms with Crippen molar-refractivity contribution in [1.82, 2.24) is 5.32 Å². The molecule has 0 saturated heterocycles. The summed E-state index contributed by atoms with van der Waals surface area (Å²) < 4.78 is 4.83. The molecule has 0 aliphatic carbocycles. The van der Waals surface area contributed by atoms with E-state index in [0.29, 0.717) is 0 Å². The number of aliphatic hydroxyl groups is 3. The van der Waals surface area contributed by atoms with Crippen molar-refractivity contribution in [1.29, 1.82) is 0 Å². The molecule has 0 spiro atoms. The van der Waals surface area contributed by atoms with Crippen LogP contribution >= 0.6 is 0 Å². The molecule has 1 rings (SSSR count). The number of aliphatic hydroxyl groups excluding tert-OH is 3. The van der Waals surface area contributed by atoms with E-state index in [0.717, 1.165) is 0 Å². The SMILES string of the molecule is CC(=O)NC1=C[C@H](O)[C@@H](CO)OC1O. The number of nitrogens with one attached hydrogen (secondary N) is 1. The van der Waals surface area contributed by atoms with E-state index in [1.165, 1.54) is 13.0 Å². The Morgan fingerprint density at radius 3 is 2.79 bits per heavy atom. The number of hydrogen-bond donors (Lipinski definition) is 4. The minimum atomic E-state index is -1.32. The lowest BCUT2D eigenvalue weighted by atomic mass is 10.1. The first-order valence-corrected chi connectivity index (χ1v) is 4.16. The van der Waals surface area contributed by atoms with Gasteiger partial charge in [-0.3, -0.25) is 4.79 Å². The first-order chi connectivity index (χ1) is 6.54. The van der Waals surface area contributed by atoms with Crippen LogP contribution in [0.2, 0.25) is 0 Å². The van der Waals surface area contributed by atoms with Crippen LogP contribution in [0.4, 0.5) is 0 Å². The number of ether oxygens (including phenoxy) is 1. The van der Waals surface area contributed by atoms with Crippen molar-refractivity contribution in [2.75, 3.05) is 6.61 Å². The van der Waals surface area contributed by atoms with Crippen LogP contribution in [0.15, 0.2) is 11.8 Å². The van der Waals surface area contributed by atoms with Gasteiger partial charge in [0, 0.05) is 6.92 Å². The molecule has 80 valence electrons. The molecule has 1 aliphatic heterocycles. The van der Waals surface area contributed by atoms with Crippen molar-refractivity contribution in [2.45, 2.75) is 25.4 Å². The second-order valence-electron chi connectivity index (χ2n) is 3.00. The Bertz CT molecular complexity index is 252. The van der Waals surface area contributed by atoms with Gasteiger partial charge in [0.1, 0.15) is 12.2 Å². The van der Waals surface area contributed by atoms with E-state index in [-0.39, 0.29) is 11.6 Å². The molecule has 6 nitrogen and oxygen atoms in total. The van der Waals surface area contributed by atoms with E-state index in [1.54, 1.807) is 0 Å². The van der Waals surface area contributed by atoms with E-state index < -0.39 is 25.1 Å². The number of hydrogen-bond acceptors (Lipinski definition) is 5. The van der Waals surface area contributed by atoms with E-state index in [1.807, 2.05) is 0 Å². The van der Waals surface area contributed by atoms with Crippen LogP contribution in [-0.4, -0.2) is 46.3 Å². The van der Waals surface area contributed by atoms with Crippen LogP contribution in [0, 0.1) is 0 Å². The molecule has 3 atom stereocenters. The fourth-order valence-electron chi connectivity index (χ4n) is 1.15. The van der Waals surface area contributed by atoms with Gasteiger partial charge in [-0.15, -0.1) is 0 Å². The maximum absolute atomic E-state index is 10.7. The lowest BCUT2D eigenvalue weighted by Crippen LogP contribution is -2.44. The van der Waals surface area contributed by atoms with Gasteiger partial charge in [-0.05, 0) is 6.08 Å². The molecule has 14 heavy (non-hydrogen) atoms. The van der Waals surface area contributed by atoms with Crippen LogP contribution in [0.25, 0.3) is 0 Å². The smallest absolute Gasteiger partial charge is 0.221 e. The monoisotopic (exact) mass is 203 g/mol. The Balaban J connectivity index is 2.71. The molecule has 0 saturated carbocycles. The summed E-state index contributed by atoms with van der Waals surface area (Å²) in [6.07, 6.45) is -1.97. The highest BCUT2D eigenvalue weighted by Gasteiger charge is 2.29. The van der Waals surface area contributed by atoms with Crippen molar-refractivity contribution >= 4 is 5.91 Å². The summed E-state index contributed by atoms with van der Waals surface area (Å²) >= 11 is 0. The molecule has 1 unspecified atom stereocenters. The standard InChI is InChI=1S/C8H13NO5/c1-4(11)9-5-2-6(12)7(3-10)14-8(5)13/h2,6-8,10,12-13H,3H2,1H3,(H,9,11)/t6-,7+,8?/m0/s1. The third-order valence-corrected chi connectivity index (χ3v) is 1.80. The third kappa shape index (κ3) is 2.52. The lowest BCUT2D eigenvalue weighted by Gasteiger charge is -2.29. The summed E-state index contributed by atoms with van der Waals surface area (Å²) in [5, 5.41) is 29.7. The zero-order chi connectivity index (χ0) is 10.7. The molecular formula is C8H13NO5. The van der Waals surface area contributed by atoms with Gasteiger partial charge < -0.3 is 25.4 Å². The Morgan fingerprint density at radius 1 is 1.64 bits per heavy atom. The lowest BCUT2D eigenvalue weighted by molar-refractivity contribution is -0.164. The summed E-state index contributed by atoms with van der Waals surface area (Å²) in [6.45, 7) is 0.875. The van der Waals surface area contributed by atoms with Crippen molar-refractivity contribution in [2.24, 2.45) is 0 Å². The van der Waals surface area contributed by atoms with E-state index in [2.05, 4.69) is 5.32 Å². The van der Waals surface area contributed by atoms with Gasteiger partial charge in [-0.2, -0.15) is 0 Å². The molecule has 1 heterocycles. The Kier molecular flexibility index (Phi) is 3.59. The van der Waals surface area contributed by atoms with Crippen LogP contribution in [0.1, 0.15) is 6.92 Å². The predicted octanol–water partition coefficient (Wildman–Crippen LogP) is -1.92. The Morgan fingerprint density at radius 2 is 2.29 bits per heavy atom. The van der Waals surface area contributed by atoms with E-state index in [4.69, 9.17) is 9.84 Å². The average molecular weight is 203 g/mol. The summed E-state index contributed by atoms with van der Waals surface area (Å²) in [7, 11) is 0. The predicted molar refractivity (Wildman–Crippen MR) is 45.9 cm³/mol. The molecule has 0 aromatic rings. The minimum Gasteiger partial charge on any atom is -0.394 e. The highest BCUT2D eigenvalue weighted by molar-refractivity contribution is 5.75. The van der Waals surface area contributed by atoms with Gasteiger partial charge in [0.05, 0.1) is 12.3 Å². The van der Waals surface area contributed by atoms with Gasteiger partial charge in [-0.25, -0.2) is 0 Å². The first-order valence-electron chi connectivity index (χ1n) is 4.16. The van der Waals surface area contributed by atoms with Gasteiger partial charge in [-0.1, -0.05) is 0 Å². The molecule has 1 amide bonds. The Labute approximate surface area is 80.8 Å². The third-order valence-electron chi connectivity index (χ3n) is 1.80. The highest BCUT2D eigenvalue weighted by Crippen LogP contribution is 2.15. The summed E-state index contributed by atoms with van der Waals surface area (Å²) in [6, 6.07) is 0. The second kappa shape index (κ2) is 4.52. The number of carbonyl (C=O) groups is 1. The van der Waals surface area contributed by atoms with E-state index in [9.17, 15) is 15.0 Å². The summed E-state index contributed by atoms with van der Waals surface area (Å²) in [5.74, 6) is -0.367. The average Bonchev–Trinajstić information content (AvgIpc) is 2.10. The summed E-state index contributed by atoms with van der Waals surface area (Å²) in [5.41, 5.74) is 0.0923. The summed E-state index contributed by atoms with van der Waals surface area (Å²) in [4.78, 5) is 10.7. The van der Waals surface area contributed by atoms with Gasteiger partial charge in [0.15, 0.2) is 6.29 Å². The molecular weight excluding hydrogens is 190 g/mol. The topological polar surface area (TPSA) is 99.0 Å². The minimum absolute atomic E-state index is 0.0923.